The third kappa shape index (κ3) is 3.79. The highest BCUT2D eigenvalue weighted by atomic mass is 16.5. The molecule has 4 rings (SSSR count). The molecule has 6 nitrogen and oxygen atoms in total. The van der Waals surface area contributed by atoms with E-state index in [1.165, 1.54) is 32.1 Å². The lowest BCUT2D eigenvalue weighted by Gasteiger charge is -2.22. The van der Waals surface area contributed by atoms with E-state index in [2.05, 4.69) is 4.57 Å². The lowest BCUT2D eigenvalue weighted by atomic mass is 9.87. The van der Waals surface area contributed by atoms with Gasteiger partial charge in [-0.1, -0.05) is 44.2 Å². The Morgan fingerprint density at radius 1 is 1.03 bits per heavy atom. The van der Waals surface area contributed by atoms with Crippen molar-refractivity contribution in [3.63, 3.8) is 0 Å². The lowest BCUT2D eigenvalue weighted by Crippen LogP contribution is -2.12. The summed E-state index contributed by atoms with van der Waals surface area (Å²) in [7, 11) is 0. The number of aryl methyl sites for hydroxylation is 1. The van der Waals surface area contributed by atoms with E-state index < -0.39 is 18.5 Å². The van der Waals surface area contributed by atoms with Crippen LogP contribution in [0.3, 0.4) is 0 Å². The number of hydrogen-bond acceptors (Lipinski definition) is 3. The van der Waals surface area contributed by atoms with E-state index in [-0.39, 0.29) is 0 Å². The zero-order valence-electron chi connectivity index (χ0n) is 16.4. The zero-order chi connectivity index (χ0) is 20.4. The molecule has 1 heterocycles. The van der Waals surface area contributed by atoms with Gasteiger partial charge in [-0.15, -0.1) is 0 Å². The van der Waals surface area contributed by atoms with E-state index in [1.807, 2.05) is 24.3 Å². The molecule has 152 valence electrons. The van der Waals surface area contributed by atoms with Crippen molar-refractivity contribution < 1.29 is 19.4 Å². The Morgan fingerprint density at radius 2 is 1.72 bits per heavy atom. The Hall–Kier alpha value is -3.02. The molecule has 1 aromatic heterocycles. The van der Waals surface area contributed by atoms with Crippen molar-refractivity contribution in [3.8, 4) is 5.75 Å². The number of ether oxygens (including phenoxy) is 1. The first kappa shape index (κ1) is 19.3. The highest BCUT2D eigenvalue weighted by Gasteiger charge is 2.21. The summed E-state index contributed by atoms with van der Waals surface area (Å²) in [6.45, 7) is 0.405. The van der Waals surface area contributed by atoms with Crippen molar-refractivity contribution in [2.75, 3.05) is 6.61 Å². The predicted molar refractivity (Wildman–Crippen MR) is 112 cm³/mol. The molecule has 1 aliphatic carbocycles. The number of rotatable bonds is 7. The van der Waals surface area contributed by atoms with Gasteiger partial charge in [0.2, 0.25) is 5.91 Å². The number of aliphatic carboxylic acids is 1. The van der Waals surface area contributed by atoms with Gasteiger partial charge in [0.1, 0.15) is 5.75 Å². The molecule has 3 aromatic rings. The second kappa shape index (κ2) is 8.15. The van der Waals surface area contributed by atoms with Gasteiger partial charge in [-0.2, -0.15) is 0 Å². The van der Waals surface area contributed by atoms with Crippen LogP contribution in [0, 0.1) is 5.92 Å². The summed E-state index contributed by atoms with van der Waals surface area (Å²) in [5.74, 6) is -0.366. The maximum absolute atomic E-state index is 12.1. The first-order valence-electron chi connectivity index (χ1n) is 10.2. The van der Waals surface area contributed by atoms with Gasteiger partial charge >= 0.3 is 5.97 Å². The molecule has 1 saturated carbocycles. The van der Waals surface area contributed by atoms with Gasteiger partial charge in [-0.25, -0.2) is 4.79 Å². The number of carbonyl (C=O) groups is 2. The fourth-order valence-electron chi connectivity index (χ4n) is 4.65. The molecule has 3 N–H and O–H groups in total. The van der Waals surface area contributed by atoms with Gasteiger partial charge in [-0.3, -0.25) is 4.79 Å². The van der Waals surface area contributed by atoms with Crippen LogP contribution < -0.4 is 10.5 Å². The van der Waals surface area contributed by atoms with Crippen LogP contribution >= 0.6 is 0 Å². The molecule has 0 radical (unpaired) electrons. The number of nitrogens with zero attached hydrogens (tertiary/aromatic N) is 1. The first-order valence-corrected chi connectivity index (χ1v) is 10.2. The quantitative estimate of drug-likeness (QED) is 0.624. The maximum atomic E-state index is 12.1. The first-order chi connectivity index (χ1) is 14.1. The van der Waals surface area contributed by atoms with Crippen LogP contribution in [-0.4, -0.2) is 28.2 Å². The molecule has 0 spiro atoms. The second-order valence-electron chi connectivity index (χ2n) is 7.84. The smallest absolute Gasteiger partial charge is 0.341 e. The molecule has 1 amide bonds. The Kier molecular flexibility index (Phi) is 5.43. The predicted octanol–water partition coefficient (Wildman–Crippen LogP) is 4.33. The summed E-state index contributed by atoms with van der Waals surface area (Å²) in [4.78, 5) is 23.2. The van der Waals surface area contributed by atoms with Gasteiger partial charge in [0.05, 0.1) is 16.4 Å². The standard InChI is InChI=1S/C23H26N2O4/c24-23(28)16-8-4-9-17-21(16)22-18(10-5-11-19(22)29-14-20(26)27)25(17)13-12-15-6-2-1-3-7-15/h4-5,8-11,15H,1-3,6-7,12-14H2,(H2,24,28)(H,26,27). The molecule has 0 aliphatic heterocycles. The SMILES string of the molecule is NC(=O)c1cccc2c1c1c(OCC(=O)O)cccc1n2CCC1CCCCC1. The van der Waals surface area contributed by atoms with E-state index in [4.69, 9.17) is 15.6 Å². The van der Waals surface area contributed by atoms with Gasteiger partial charge in [-0.05, 0) is 36.6 Å². The van der Waals surface area contributed by atoms with Gasteiger partial charge in [0.15, 0.2) is 6.61 Å². The number of benzene rings is 2. The van der Waals surface area contributed by atoms with Crippen LogP contribution in [-0.2, 0) is 11.3 Å². The molecule has 29 heavy (non-hydrogen) atoms. The van der Waals surface area contributed by atoms with Crippen LogP contribution in [0.1, 0.15) is 48.9 Å². The third-order valence-electron chi connectivity index (χ3n) is 5.98. The van der Waals surface area contributed by atoms with Crippen molar-refractivity contribution in [2.24, 2.45) is 11.7 Å². The second-order valence-corrected chi connectivity index (χ2v) is 7.84. The number of primary amides is 1. The summed E-state index contributed by atoms with van der Waals surface area (Å²) in [6.07, 6.45) is 7.57. The molecule has 0 saturated heterocycles. The number of hydrogen-bond donors (Lipinski definition) is 2. The van der Waals surface area contributed by atoms with Crippen LogP contribution in [0.15, 0.2) is 36.4 Å². The van der Waals surface area contributed by atoms with Crippen molar-refractivity contribution >= 4 is 33.7 Å². The van der Waals surface area contributed by atoms with Crippen molar-refractivity contribution in [1.29, 1.82) is 0 Å². The molecule has 1 aliphatic rings. The van der Waals surface area contributed by atoms with Crippen LogP contribution in [0.25, 0.3) is 21.8 Å². The summed E-state index contributed by atoms with van der Waals surface area (Å²) < 4.78 is 7.79. The number of nitrogens with two attached hydrogens (primary N) is 1. The normalized spacial score (nSPS) is 15.0. The minimum Gasteiger partial charge on any atom is -0.481 e. The van der Waals surface area contributed by atoms with E-state index in [0.29, 0.717) is 11.3 Å². The summed E-state index contributed by atoms with van der Waals surface area (Å²) >= 11 is 0. The average molecular weight is 394 g/mol. The van der Waals surface area contributed by atoms with Gasteiger partial charge in [0, 0.05) is 17.5 Å². The number of carbonyl (C=O) groups excluding carboxylic acids is 1. The van der Waals surface area contributed by atoms with E-state index in [9.17, 15) is 9.59 Å². The Morgan fingerprint density at radius 3 is 2.41 bits per heavy atom. The van der Waals surface area contributed by atoms with Crippen molar-refractivity contribution in [3.05, 3.63) is 42.0 Å². The van der Waals surface area contributed by atoms with Gasteiger partial charge < -0.3 is 20.1 Å². The summed E-state index contributed by atoms with van der Waals surface area (Å²) in [6, 6.07) is 11.1. The topological polar surface area (TPSA) is 94.6 Å². The van der Waals surface area contributed by atoms with E-state index in [1.54, 1.807) is 12.1 Å². The van der Waals surface area contributed by atoms with Gasteiger partial charge in [0.25, 0.3) is 0 Å². The monoisotopic (exact) mass is 394 g/mol. The minimum atomic E-state index is -1.04. The largest absolute Gasteiger partial charge is 0.481 e. The van der Waals surface area contributed by atoms with Crippen LogP contribution in [0.5, 0.6) is 5.75 Å². The maximum Gasteiger partial charge on any atom is 0.341 e. The summed E-state index contributed by atoms with van der Waals surface area (Å²) in [5.41, 5.74) is 7.95. The molecule has 1 fully saturated rings. The molecule has 0 bridgehead atoms. The average Bonchev–Trinajstić information content (AvgIpc) is 3.05. The Labute approximate surface area is 169 Å². The fraction of sp³-hybridized carbons (Fsp3) is 0.391. The zero-order valence-corrected chi connectivity index (χ0v) is 16.4. The fourth-order valence-corrected chi connectivity index (χ4v) is 4.65. The molecule has 0 unspecified atom stereocenters. The highest BCUT2D eigenvalue weighted by molar-refractivity contribution is 6.19. The Bertz CT molecular complexity index is 1060. The van der Waals surface area contributed by atoms with Crippen molar-refractivity contribution in [2.45, 2.75) is 45.1 Å². The molecular formula is C23H26N2O4. The number of fused-ring (bicyclic) bond motifs is 3. The Balaban J connectivity index is 1.85. The molecule has 2 aromatic carbocycles. The van der Waals surface area contributed by atoms with E-state index >= 15 is 0 Å². The van der Waals surface area contributed by atoms with Crippen LogP contribution in [0.2, 0.25) is 0 Å². The number of aromatic nitrogens is 1. The number of amides is 1. The number of carboxylic acids is 1. The van der Waals surface area contributed by atoms with E-state index in [0.717, 1.165) is 40.7 Å². The number of carboxylic acid groups (broad SMARTS) is 1. The highest BCUT2D eigenvalue weighted by Crippen LogP contribution is 2.38. The van der Waals surface area contributed by atoms with Crippen molar-refractivity contribution in [1.82, 2.24) is 4.57 Å². The third-order valence-corrected chi connectivity index (χ3v) is 5.98. The lowest BCUT2D eigenvalue weighted by molar-refractivity contribution is -0.139. The summed E-state index contributed by atoms with van der Waals surface area (Å²) in [5, 5.41) is 10.5. The van der Waals surface area contributed by atoms with Crippen LogP contribution in [0.4, 0.5) is 0 Å². The molecule has 0 atom stereocenters. The molecule has 6 heteroatoms. The molecular weight excluding hydrogens is 368 g/mol. The minimum absolute atomic E-state index is 0.426.